The Labute approximate surface area is 126 Å². The van der Waals surface area contributed by atoms with E-state index in [9.17, 15) is 0 Å². The fraction of sp³-hybridized carbons (Fsp3) is 0.438. The average Bonchev–Trinajstić information content (AvgIpc) is 2.92. The normalized spacial score (nSPS) is 20.0. The van der Waals surface area contributed by atoms with E-state index < -0.39 is 0 Å². The quantitative estimate of drug-likeness (QED) is 0.794. The molecule has 0 atom stereocenters. The number of hydrogen-bond acceptors (Lipinski definition) is 3. The maximum Gasteiger partial charge on any atom is 0.494 e. The van der Waals surface area contributed by atoms with Crippen LogP contribution in [0.15, 0.2) is 36.8 Å². The van der Waals surface area contributed by atoms with Crippen molar-refractivity contribution in [2.75, 3.05) is 0 Å². The lowest BCUT2D eigenvalue weighted by atomic mass is 9.79. The Hall–Kier alpha value is -1.59. The smallest absolute Gasteiger partial charge is 0.399 e. The van der Waals surface area contributed by atoms with E-state index in [0.717, 1.165) is 16.7 Å². The summed E-state index contributed by atoms with van der Waals surface area (Å²) in [5.41, 5.74) is 2.65. The van der Waals surface area contributed by atoms with Crippen LogP contribution in [0.4, 0.5) is 0 Å². The van der Waals surface area contributed by atoms with Crippen molar-refractivity contribution in [3.05, 3.63) is 36.8 Å². The lowest BCUT2D eigenvalue weighted by Gasteiger charge is -2.32. The van der Waals surface area contributed by atoms with Crippen molar-refractivity contribution in [3.8, 4) is 11.3 Å². The molecule has 0 saturated carbocycles. The molecule has 5 heteroatoms. The summed E-state index contributed by atoms with van der Waals surface area (Å²) in [6.07, 6.45) is 3.67. The topological polar surface area (TPSA) is 36.3 Å². The molecule has 0 amide bonds. The first-order valence-corrected chi connectivity index (χ1v) is 7.22. The highest BCUT2D eigenvalue weighted by Crippen LogP contribution is 2.36. The molecule has 0 N–H and O–H groups in total. The molecular formula is C16H21BN2O2. The molecule has 0 radical (unpaired) electrons. The van der Waals surface area contributed by atoms with E-state index in [2.05, 4.69) is 56.9 Å². The molecule has 0 aliphatic carbocycles. The number of rotatable bonds is 2. The predicted molar refractivity (Wildman–Crippen MR) is 84.4 cm³/mol. The van der Waals surface area contributed by atoms with Crippen molar-refractivity contribution in [2.24, 2.45) is 7.05 Å². The highest BCUT2D eigenvalue weighted by atomic mass is 16.7. The Kier molecular flexibility index (Phi) is 3.22. The van der Waals surface area contributed by atoms with Gasteiger partial charge in [-0.3, -0.25) is 0 Å². The molecule has 21 heavy (non-hydrogen) atoms. The zero-order valence-corrected chi connectivity index (χ0v) is 13.3. The van der Waals surface area contributed by atoms with Crippen molar-refractivity contribution in [2.45, 2.75) is 38.9 Å². The van der Waals surface area contributed by atoms with Crippen molar-refractivity contribution in [1.82, 2.24) is 9.55 Å². The Morgan fingerprint density at radius 1 is 1.00 bits per heavy atom. The SMILES string of the molecule is Cn1cncc1-c1ccc(B2OC(C)(C)C(C)(C)O2)cc1. The van der Waals surface area contributed by atoms with E-state index in [1.54, 1.807) is 6.33 Å². The minimum Gasteiger partial charge on any atom is -0.399 e. The van der Waals surface area contributed by atoms with Gasteiger partial charge in [-0.05, 0) is 38.7 Å². The molecule has 1 aromatic carbocycles. The molecule has 1 aliphatic rings. The van der Waals surface area contributed by atoms with Gasteiger partial charge in [0.2, 0.25) is 0 Å². The van der Waals surface area contributed by atoms with Gasteiger partial charge >= 0.3 is 7.12 Å². The van der Waals surface area contributed by atoms with E-state index in [4.69, 9.17) is 9.31 Å². The van der Waals surface area contributed by atoms with E-state index >= 15 is 0 Å². The molecule has 1 fully saturated rings. The lowest BCUT2D eigenvalue weighted by Crippen LogP contribution is -2.41. The summed E-state index contributed by atoms with van der Waals surface area (Å²) < 4.78 is 14.1. The highest BCUT2D eigenvalue weighted by Gasteiger charge is 2.51. The van der Waals surface area contributed by atoms with Crippen LogP contribution >= 0.6 is 0 Å². The van der Waals surface area contributed by atoms with Crippen LogP contribution in [0.25, 0.3) is 11.3 Å². The summed E-state index contributed by atoms with van der Waals surface area (Å²) in [5.74, 6) is 0. The van der Waals surface area contributed by atoms with E-state index in [1.807, 2.05) is 17.8 Å². The highest BCUT2D eigenvalue weighted by molar-refractivity contribution is 6.62. The van der Waals surface area contributed by atoms with Gasteiger partial charge in [-0.25, -0.2) is 4.98 Å². The number of hydrogen-bond donors (Lipinski definition) is 0. The van der Waals surface area contributed by atoms with Crippen molar-refractivity contribution in [1.29, 1.82) is 0 Å². The minimum atomic E-state index is -0.310. The van der Waals surface area contributed by atoms with Crippen molar-refractivity contribution < 1.29 is 9.31 Å². The molecule has 3 rings (SSSR count). The van der Waals surface area contributed by atoms with Crippen LogP contribution in [0.5, 0.6) is 0 Å². The van der Waals surface area contributed by atoms with Gasteiger partial charge in [0.15, 0.2) is 0 Å². The van der Waals surface area contributed by atoms with Crippen LogP contribution in [0.1, 0.15) is 27.7 Å². The van der Waals surface area contributed by atoms with Crippen molar-refractivity contribution >= 4 is 12.6 Å². The van der Waals surface area contributed by atoms with E-state index in [-0.39, 0.29) is 18.3 Å². The number of aromatic nitrogens is 2. The zero-order chi connectivity index (χ0) is 15.3. The van der Waals surface area contributed by atoms with Crippen LogP contribution in [0, 0.1) is 0 Å². The standard InChI is InChI=1S/C16H21BN2O2/c1-15(2)16(3,4)21-17(20-15)13-8-6-12(7-9-13)14-10-18-11-19(14)5/h6-11H,1-5H3. The number of benzene rings is 1. The second-order valence-corrected chi connectivity index (χ2v) is 6.60. The van der Waals surface area contributed by atoms with Gasteiger partial charge in [-0.15, -0.1) is 0 Å². The van der Waals surface area contributed by atoms with Gasteiger partial charge in [0.25, 0.3) is 0 Å². The van der Waals surface area contributed by atoms with Gasteiger partial charge in [-0.2, -0.15) is 0 Å². The fourth-order valence-corrected chi connectivity index (χ4v) is 2.43. The zero-order valence-electron chi connectivity index (χ0n) is 13.3. The monoisotopic (exact) mass is 284 g/mol. The molecule has 4 nitrogen and oxygen atoms in total. The second kappa shape index (κ2) is 4.72. The molecule has 2 aromatic rings. The molecule has 0 bridgehead atoms. The molecule has 1 aromatic heterocycles. The minimum absolute atomic E-state index is 0.307. The largest absolute Gasteiger partial charge is 0.494 e. The maximum absolute atomic E-state index is 6.06. The third-order valence-corrected chi connectivity index (χ3v) is 4.55. The maximum atomic E-state index is 6.06. The summed E-state index contributed by atoms with van der Waals surface area (Å²) >= 11 is 0. The Morgan fingerprint density at radius 3 is 2.05 bits per heavy atom. The van der Waals surface area contributed by atoms with E-state index in [0.29, 0.717) is 0 Å². The van der Waals surface area contributed by atoms with Gasteiger partial charge in [0.05, 0.1) is 29.4 Å². The second-order valence-electron chi connectivity index (χ2n) is 6.60. The van der Waals surface area contributed by atoms with Crippen LogP contribution in [0.3, 0.4) is 0 Å². The van der Waals surface area contributed by atoms with Gasteiger partial charge in [0.1, 0.15) is 0 Å². The Morgan fingerprint density at radius 2 is 1.57 bits per heavy atom. The fourth-order valence-electron chi connectivity index (χ4n) is 2.43. The number of nitrogens with zero attached hydrogens (tertiary/aromatic N) is 2. The summed E-state index contributed by atoms with van der Waals surface area (Å²) in [4.78, 5) is 4.15. The molecule has 2 heterocycles. The van der Waals surface area contributed by atoms with Crippen LogP contribution in [-0.4, -0.2) is 27.9 Å². The molecular weight excluding hydrogens is 263 g/mol. The molecule has 1 saturated heterocycles. The molecule has 110 valence electrons. The average molecular weight is 284 g/mol. The van der Waals surface area contributed by atoms with Crippen LogP contribution in [0.2, 0.25) is 0 Å². The van der Waals surface area contributed by atoms with Crippen LogP contribution in [-0.2, 0) is 16.4 Å². The van der Waals surface area contributed by atoms with E-state index in [1.165, 1.54) is 0 Å². The summed E-state index contributed by atoms with van der Waals surface area (Å²) in [6.45, 7) is 8.27. The first-order chi connectivity index (χ1) is 9.80. The molecule has 1 aliphatic heterocycles. The first kappa shape index (κ1) is 14.4. The van der Waals surface area contributed by atoms with Gasteiger partial charge in [0, 0.05) is 7.05 Å². The Bertz CT molecular complexity index is 631. The lowest BCUT2D eigenvalue weighted by molar-refractivity contribution is 0.00578. The predicted octanol–water partition coefficient (Wildman–Crippen LogP) is 2.39. The Balaban J connectivity index is 1.85. The summed E-state index contributed by atoms with van der Waals surface area (Å²) in [6, 6.07) is 8.28. The summed E-state index contributed by atoms with van der Waals surface area (Å²) in [7, 11) is 1.68. The van der Waals surface area contributed by atoms with Crippen LogP contribution < -0.4 is 5.46 Å². The number of aryl methyl sites for hydroxylation is 1. The third kappa shape index (κ3) is 2.41. The van der Waals surface area contributed by atoms with Crippen molar-refractivity contribution in [3.63, 3.8) is 0 Å². The molecule has 0 spiro atoms. The van der Waals surface area contributed by atoms with Gasteiger partial charge in [-0.1, -0.05) is 24.3 Å². The third-order valence-electron chi connectivity index (χ3n) is 4.55. The molecule has 0 unspecified atom stereocenters. The van der Waals surface area contributed by atoms with Gasteiger partial charge < -0.3 is 13.9 Å². The first-order valence-electron chi connectivity index (χ1n) is 7.22. The summed E-state index contributed by atoms with van der Waals surface area (Å²) in [5, 5.41) is 0. The number of imidazole rings is 1.